The second-order valence-electron chi connectivity index (χ2n) is 4.07. The zero-order valence-corrected chi connectivity index (χ0v) is 11.5. The molecule has 0 aliphatic heterocycles. The number of benzene rings is 1. The van der Waals surface area contributed by atoms with E-state index in [4.69, 9.17) is 16.7 Å². The molecule has 1 rings (SSSR count). The van der Waals surface area contributed by atoms with Gasteiger partial charge in [0.1, 0.15) is 0 Å². The highest BCUT2D eigenvalue weighted by Gasteiger charge is 2.02. The summed E-state index contributed by atoms with van der Waals surface area (Å²) < 4.78 is 0. The molecule has 0 saturated carbocycles. The molecule has 0 heterocycles. The van der Waals surface area contributed by atoms with Gasteiger partial charge < -0.3 is 5.11 Å². The van der Waals surface area contributed by atoms with Gasteiger partial charge >= 0.3 is 5.97 Å². The minimum Gasteiger partial charge on any atom is -0.481 e. The highest BCUT2D eigenvalue weighted by Crippen LogP contribution is 2.05. The number of hydrogen-bond acceptors (Lipinski definition) is 2. The van der Waals surface area contributed by atoms with Crippen LogP contribution in [0.15, 0.2) is 30.3 Å². The molecular weight excluding hydrogens is 252 g/mol. The molecule has 0 fully saturated rings. The summed E-state index contributed by atoms with van der Waals surface area (Å²) in [6, 6.07) is 9.30. The van der Waals surface area contributed by atoms with Crippen molar-refractivity contribution in [1.29, 1.82) is 0 Å². The van der Waals surface area contributed by atoms with E-state index in [1.54, 1.807) is 13.8 Å². The van der Waals surface area contributed by atoms with Crippen molar-refractivity contribution in [3.8, 4) is 0 Å². The molecular formula is C14H19ClO3. The summed E-state index contributed by atoms with van der Waals surface area (Å²) in [6.45, 7) is 3.28. The van der Waals surface area contributed by atoms with E-state index in [1.165, 1.54) is 0 Å². The van der Waals surface area contributed by atoms with Crippen LogP contribution in [-0.2, 0) is 4.79 Å². The molecule has 3 nitrogen and oxygen atoms in total. The summed E-state index contributed by atoms with van der Waals surface area (Å²) in [5.41, 5.74) is 0.780. The number of carboxylic acids is 1. The first-order valence-electron chi connectivity index (χ1n) is 5.86. The number of halogens is 1. The lowest BCUT2D eigenvalue weighted by Crippen LogP contribution is -2.03. The fourth-order valence-corrected chi connectivity index (χ4v) is 1.13. The number of hydrogen-bond donors (Lipinski definition) is 1. The molecule has 0 bridgehead atoms. The van der Waals surface area contributed by atoms with E-state index in [0.717, 1.165) is 12.0 Å². The minimum atomic E-state index is -0.741. The highest BCUT2D eigenvalue weighted by molar-refractivity contribution is 6.18. The molecule has 0 spiro atoms. The first-order valence-corrected chi connectivity index (χ1v) is 6.39. The van der Waals surface area contributed by atoms with E-state index in [1.807, 2.05) is 30.3 Å². The summed E-state index contributed by atoms with van der Waals surface area (Å²) >= 11 is 5.48. The van der Waals surface area contributed by atoms with Crippen LogP contribution in [0.1, 0.15) is 37.0 Å². The fourth-order valence-electron chi connectivity index (χ4n) is 0.996. The topological polar surface area (TPSA) is 54.4 Å². The molecule has 100 valence electrons. The zero-order valence-electron chi connectivity index (χ0n) is 10.7. The number of Topliss-reactive ketones (excluding diaryl/α,β-unsaturated/α-hetero) is 1. The number of rotatable bonds is 5. The van der Waals surface area contributed by atoms with E-state index in [2.05, 4.69) is 0 Å². The van der Waals surface area contributed by atoms with Crippen molar-refractivity contribution in [2.24, 2.45) is 5.92 Å². The molecule has 0 radical (unpaired) electrons. The molecule has 0 aliphatic rings. The van der Waals surface area contributed by atoms with Crippen molar-refractivity contribution in [2.45, 2.75) is 26.7 Å². The first-order chi connectivity index (χ1) is 8.49. The Balaban J connectivity index is 0.000000411. The van der Waals surface area contributed by atoms with Crippen molar-refractivity contribution in [2.75, 3.05) is 5.88 Å². The van der Waals surface area contributed by atoms with Gasteiger partial charge in [0.05, 0.1) is 5.92 Å². The van der Waals surface area contributed by atoms with Gasteiger partial charge in [-0.05, 0) is 6.42 Å². The SMILES string of the molecule is CC(C)C(=O)O.O=C(CCCCl)c1ccccc1. The Bertz CT molecular complexity index is 361. The number of carbonyl (C=O) groups excluding carboxylic acids is 1. The number of alkyl halides is 1. The average Bonchev–Trinajstić information content (AvgIpc) is 2.37. The summed E-state index contributed by atoms with van der Waals surface area (Å²) in [7, 11) is 0. The van der Waals surface area contributed by atoms with Crippen molar-refractivity contribution in [1.82, 2.24) is 0 Å². The van der Waals surface area contributed by atoms with Crippen molar-refractivity contribution in [3.63, 3.8) is 0 Å². The Morgan fingerprint density at radius 1 is 1.22 bits per heavy atom. The van der Waals surface area contributed by atoms with Gasteiger partial charge in [0.25, 0.3) is 0 Å². The number of ketones is 1. The third-order valence-corrected chi connectivity index (χ3v) is 2.39. The maximum absolute atomic E-state index is 11.3. The molecule has 0 aromatic heterocycles. The maximum Gasteiger partial charge on any atom is 0.305 e. The van der Waals surface area contributed by atoms with Crippen LogP contribution in [-0.4, -0.2) is 22.7 Å². The molecule has 1 aromatic carbocycles. The van der Waals surface area contributed by atoms with E-state index < -0.39 is 5.97 Å². The molecule has 0 atom stereocenters. The standard InChI is InChI=1S/C10H11ClO.C4H8O2/c11-8-4-7-10(12)9-5-2-1-3-6-9;1-3(2)4(5)6/h1-3,5-6H,4,7-8H2;3H,1-2H3,(H,5,6). The van der Waals surface area contributed by atoms with E-state index in [-0.39, 0.29) is 11.7 Å². The van der Waals surface area contributed by atoms with Crippen LogP contribution >= 0.6 is 11.6 Å². The van der Waals surface area contributed by atoms with Gasteiger partial charge in [-0.2, -0.15) is 0 Å². The maximum atomic E-state index is 11.3. The van der Waals surface area contributed by atoms with Gasteiger partial charge in [0.2, 0.25) is 0 Å². The Kier molecular flexibility index (Phi) is 8.93. The predicted octanol–water partition coefficient (Wildman–Crippen LogP) is 3.62. The van der Waals surface area contributed by atoms with Crippen LogP contribution < -0.4 is 0 Å². The number of carbonyl (C=O) groups is 2. The average molecular weight is 271 g/mol. The largest absolute Gasteiger partial charge is 0.481 e. The van der Waals surface area contributed by atoms with Gasteiger partial charge in [-0.1, -0.05) is 44.2 Å². The van der Waals surface area contributed by atoms with Gasteiger partial charge in [0, 0.05) is 17.9 Å². The lowest BCUT2D eigenvalue weighted by Gasteiger charge is -1.97. The number of aliphatic carboxylic acids is 1. The van der Waals surface area contributed by atoms with E-state index >= 15 is 0 Å². The van der Waals surface area contributed by atoms with Crippen molar-refractivity contribution >= 4 is 23.4 Å². The van der Waals surface area contributed by atoms with Crippen LogP contribution in [0.25, 0.3) is 0 Å². The van der Waals surface area contributed by atoms with Crippen LogP contribution in [0.2, 0.25) is 0 Å². The quantitative estimate of drug-likeness (QED) is 0.657. The van der Waals surface area contributed by atoms with Crippen LogP contribution in [0.3, 0.4) is 0 Å². The summed E-state index contributed by atoms with van der Waals surface area (Å²) in [6.07, 6.45) is 1.31. The predicted molar refractivity (Wildman–Crippen MR) is 73.2 cm³/mol. The third-order valence-electron chi connectivity index (χ3n) is 2.13. The van der Waals surface area contributed by atoms with Crippen LogP contribution in [0.4, 0.5) is 0 Å². The fraction of sp³-hybridized carbons (Fsp3) is 0.429. The first kappa shape index (κ1) is 16.6. The second-order valence-corrected chi connectivity index (χ2v) is 4.45. The lowest BCUT2D eigenvalue weighted by atomic mass is 10.1. The Hall–Kier alpha value is -1.35. The Morgan fingerprint density at radius 3 is 2.11 bits per heavy atom. The van der Waals surface area contributed by atoms with Crippen molar-refractivity contribution in [3.05, 3.63) is 35.9 Å². The van der Waals surface area contributed by atoms with Gasteiger partial charge in [-0.15, -0.1) is 11.6 Å². The molecule has 18 heavy (non-hydrogen) atoms. The van der Waals surface area contributed by atoms with Gasteiger partial charge in [-0.3, -0.25) is 9.59 Å². The minimum absolute atomic E-state index is 0.177. The summed E-state index contributed by atoms with van der Waals surface area (Å²) in [5.74, 6) is -0.241. The van der Waals surface area contributed by atoms with Crippen molar-refractivity contribution < 1.29 is 14.7 Å². The van der Waals surface area contributed by atoms with Crippen LogP contribution in [0.5, 0.6) is 0 Å². The molecule has 0 amide bonds. The van der Waals surface area contributed by atoms with Crippen LogP contribution in [0, 0.1) is 5.92 Å². The number of carboxylic acid groups (broad SMARTS) is 1. The van der Waals surface area contributed by atoms with Gasteiger partial charge in [0.15, 0.2) is 5.78 Å². The normalized spacial score (nSPS) is 9.56. The Labute approximate surface area is 113 Å². The Morgan fingerprint density at radius 2 is 1.72 bits per heavy atom. The van der Waals surface area contributed by atoms with E-state index in [0.29, 0.717) is 12.3 Å². The molecule has 0 aliphatic carbocycles. The molecule has 1 N–H and O–H groups in total. The molecule has 0 unspecified atom stereocenters. The zero-order chi connectivity index (χ0) is 14.0. The third kappa shape index (κ3) is 7.85. The lowest BCUT2D eigenvalue weighted by molar-refractivity contribution is -0.140. The summed E-state index contributed by atoms with van der Waals surface area (Å²) in [5, 5.41) is 7.99. The van der Waals surface area contributed by atoms with Gasteiger partial charge in [-0.25, -0.2) is 0 Å². The van der Waals surface area contributed by atoms with E-state index in [9.17, 15) is 9.59 Å². The monoisotopic (exact) mass is 270 g/mol. The summed E-state index contributed by atoms with van der Waals surface area (Å²) in [4.78, 5) is 21.0. The molecule has 0 saturated heterocycles. The smallest absolute Gasteiger partial charge is 0.305 e. The molecule has 1 aromatic rings. The highest BCUT2D eigenvalue weighted by atomic mass is 35.5. The molecule has 4 heteroatoms. The second kappa shape index (κ2) is 9.66.